The second kappa shape index (κ2) is 2.80. The normalized spacial score (nSPS) is 11.5. The maximum atomic E-state index is 12.5. The molecule has 0 bridgehead atoms. The molecule has 0 unspecified atom stereocenters. The standard InChI is InChI=1S/C5H5FN2O4S/c1-2-4(13(6,11)12)3(5(9)10)8-7-2/h1H3,(H,7,8)(H,9,10). The van der Waals surface area contributed by atoms with Crippen molar-refractivity contribution in [1.82, 2.24) is 10.2 Å². The molecule has 0 saturated heterocycles. The quantitative estimate of drug-likeness (QED) is 0.670. The van der Waals surface area contributed by atoms with Gasteiger partial charge in [0.2, 0.25) is 0 Å². The lowest BCUT2D eigenvalue weighted by molar-refractivity contribution is 0.0686. The second-order valence-electron chi connectivity index (χ2n) is 2.27. The molecule has 0 fully saturated rings. The minimum Gasteiger partial charge on any atom is -0.476 e. The maximum absolute atomic E-state index is 12.5. The van der Waals surface area contributed by atoms with Gasteiger partial charge in [-0.05, 0) is 6.92 Å². The van der Waals surface area contributed by atoms with Crippen molar-refractivity contribution < 1.29 is 22.2 Å². The molecular weight excluding hydrogens is 203 g/mol. The van der Waals surface area contributed by atoms with Crippen molar-refractivity contribution in [1.29, 1.82) is 0 Å². The first-order valence-electron chi connectivity index (χ1n) is 3.07. The Hall–Kier alpha value is -1.44. The first-order chi connectivity index (χ1) is 5.84. The lowest BCUT2D eigenvalue weighted by Crippen LogP contribution is -2.04. The van der Waals surface area contributed by atoms with Gasteiger partial charge in [0, 0.05) is 0 Å². The highest BCUT2D eigenvalue weighted by molar-refractivity contribution is 7.86. The van der Waals surface area contributed by atoms with Crippen molar-refractivity contribution in [2.24, 2.45) is 0 Å². The lowest BCUT2D eigenvalue weighted by Gasteiger charge is -1.92. The summed E-state index contributed by atoms with van der Waals surface area (Å²) in [5.41, 5.74) is -0.972. The van der Waals surface area contributed by atoms with E-state index in [1.54, 1.807) is 0 Å². The van der Waals surface area contributed by atoms with Gasteiger partial charge < -0.3 is 5.11 Å². The van der Waals surface area contributed by atoms with Gasteiger partial charge in [-0.2, -0.15) is 13.5 Å². The summed E-state index contributed by atoms with van der Waals surface area (Å²) in [6.45, 7) is 1.21. The van der Waals surface area contributed by atoms with E-state index in [1.807, 2.05) is 0 Å². The second-order valence-corrected chi connectivity index (χ2v) is 3.55. The minimum atomic E-state index is -5.04. The van der Waals surface area contributed by atoms with Crippen LogP contribution in [0.3, 0.4) is 0 Å². The highest BCUT2D eigenvalue weighted by atomic mass is 32.3. The molecule has 0 aliphatic rings. The molecule has 1 aromatic heterocycles. The fourth-order valence-electron chi connectivity index (χ4n) is 0.862. The SMILES string of the molecule is Cc1[nH]nc(C(=O)O)c1S(=O)(=O)F. The van der Waals surface area contributed by atoms with E-state index >= 15 is 0 Å². The van der Waals surface area contributed by atoms with Crippen LogP contribution in [0, 0.1) is 6.92 Å². The summed E-state index contributed by atoms with van der Waals surface area (Å²) in [5.74, 6) is -1.60. The zero-order chi connectivity index (χ0) is 10.2. The molecule has 8 heteroatoms. The molecule has 0 atom stereocenters. The number of H-pyrrole nitrogens is 1. The van der Waals surface area contributed by atoms with Crippen LogP contribution in [0.2, 0.25) is 0 Å². The van der Waals surface area contributed by atoms with Crippen LogP contribution in [-0.2, 0) is 10.2 Å². The number of halogens is 1. The van der Waals surface area contributed by atoms with Crippen LogP contribution in [0.15, 0.2) is 4.90 Å². The number of nitrogens with zero attached hydrogens (tertiary/aromatic N) is 1. The predicted molar refractivity (Wildman–Crippen MR) is 38.6 cm³/mol. The average Bonchev–Trinajstić information content (AvgIpc) is 2.28. The summed E-state index contributed by atoms with van der Waals surface area (Å²) in [5, 5.41) is 13.6. The number of carbonyl (C=O) groups is 1. The zero-order valence-corrected chi connectivity index (χ0v) is 7.22. The Bertz CT molecular complexity index is 449. The Morgan fingerprint density at radius 2 is 2.15 bits per heavy atom. The van der Waals surface area contributed by atoms with Gasteiger partial charge in [-0.3, -0.25) is 5.10 Å². The molecule has 0 aromatic carbocycles. The van der Waals surface area contributed by atoms with Crippen molar-refractivity contribution in [3.63, 3.8) is 0 Å². The van der Waals surface area contributed by atoms with Crippen LogP contribution in [0.4, 0.5) is 3.89 Å². The van der Waals surface area contributed by atoms with Gasteiger partial charge >= 0.3 is 16.2 Å². The smallest absolute Gasteiger partial charge is 0.357 e. The molecule has 0 aliphatic carbocycles. The molecule has 2 N–H and O–H groups in total. The van der Waals surface area contributed by atoms with Crippen molar-refractivity contribution >= 4 is 16.2 Å². The van der Waals surface area contributed by atoms with Gasteiger partial charge in [0.15, 0.2) is 10.6 Å². The highest BCUT2D eigenvalue weighted by Crippen LogP contribution is 2.19. The van der Waals surface area contributed by atoms with Gasteiger partial charge in [-0.1, -0.05) is 0 Å². The van der Waals surface area contributed by atoms with Crippen LogP contribution < -0.4 is 0 Å². The first kappa shape index (κ1) is 9.65. The predicted octanol–water partition coefficient (Wildman–Crippen LogP) is 0.0745. The summed E-state index contributed by atoms with van der Waals surface area (Å²) in [4.78, 5) is 9.45. The number of aromatic carboxylic acids is 1. The summed E-state index contributed by atoms with van der Waals surface area (Å²) < 4.78 is 33.4. The van der Waals surface area contributed by atoms with Gasteiger partial charge in [-0.15, -0.1) is 3.89 Å². The van der Waals surface area contributed by atoms with Crippen LogP contribution in [0.5, 0.6) is 0 Å². The molecule has 0 aliphatic heterocycles. The molecule has 1 rings (SSSR count). The number of aromatic nitrogens is 2. The third kappa shape index (κ3) is 1.66. The minimum absolute atomic E-state index is 0.139. The number of nitrogens with one attached hydrogen (secondary N) is 1. The molecule has 0 saturated carbocycles. The van der Waals surface area contributed by atoms with Crippen LogP contribution in [0.25, 0.3) is 0 Å². The largest absolute Gasteiger partial charge is 0.476 e. The van der Waals surface area contributed by atoms with E-state index in [0.717, 1.165) is 0 Å². The van der Waals surface area contributed by atoms with Gasteiger partial charge in [0.1, 0.15) is 0 Å². The Morgan fingerprint density at radius 1 is 1.62 bits per heavy atom. The Morgan fingerprint density at radius 3 is 2.46 bits per heavy atom. The fraction of sp³-hybridized carbons (Fsp3) is 0.200. The van der Waals surface area contributed by atoms with E-state index in [0.29, 0.717) is 0 Å². The summed E-state index contributed by atoms with van der Waals surface area (Å²) in [6, 6.07) is 0. The molecule has 0 radical (unpaired) electrons. The number of aryl methyl sites for hydroxylation is 1. The van der Waals surface area contributed by atoms with Gasteiger partial charge in [0.25, 0.3) is 0 Å². The molecule has 13 heavy (non-hydrogen) atoms. The van der Waals surface area contributed by atoms with E-state index in [2.05, 4.69) is 10.2 Å². The van der Waals surface area contributed by atoms with E-state index < -0.39 is 26.8 Å². The number of aromatic amines is 1. The Kier molecular flexibility index (Phi) is 2.08. The summed E-state index contributed by atoms with van der Waals surface area (Å²) in [7, 11) is -5.04. The molecule has 0 amide bonds. The third-order valence-electron chi connectivity index (χ3n) is 1.34. The van der Waals surface area contributed by atoms with E-state index in [1.165, 1.54) is 6.92 Å². The van der Waals surface area contributed by atoms with Crippen LogP contribution in [-0.4, -0.2) is 29.7 Å². The molecule has 0 spiro atoms. The van der Waals surface area contributed by atoms with E-state index in [9.17, 15) is 17.1 Å². The number of carboxylic acids is 1. The molecule has 1 aromatic rings. The summed E-state index contributed by atoms with van der Waals surface area (Å²) in [6.07, 6.45) is 0. The lowest BCUT2D eigenvalue weighted by atomic mass is 10.4. The third-order valence-corrected chi connectivity index (χ3v) is 2.32. The average molecular weight is 208 g/mol. The first-order valence-corrected chi connectivity index (χ1v) is 4.45. The van der Waals surface area contributed by atoms with Gasteiger partial charge in [-0.25, -0.2) is 4.79 Å². The number of carboxylic acid groups (broad SMARTS) is 1. The summed E-state index contributed by atoms with van der Waals surface area (Å²) >= 11 is 0. The maximum Gasteiger partial charge on any atom is 0.357 e. The Labute approximate surface area is 72.6 Å². The van der Waals surface area contributed by atoms with Gasteiger partial charge in [0.05, 0.1) is 5.69 Å². The van der Waals surface area contributed by atoms with Crippen molar-refractivity contribution in [2.45, 2.75) is 11.8 Å². The highest BCUT2D eigenvalue weighted by Gasteiger charge is 2.27. The van der Waals surface area contributed by atoms with Crippen molar-refractivity contribution in [2.75, 3.05) is 0 Å². The fourth-order valence-corrected chi connectivity index (χ4v) is 1.64. The monoisotopic (exact) mass is 208 g/mol. The molecule has 6 nitrogen and oxygen atoms in total. The molecule has 72 valence electrons. The molecular formula is C5H5FN2O4S. The van der Waals surface area contributed by atoms with Crippen molar-refractivity contribution in [3.8, 4) is 0 Å². The van der Waals surface area contributed by atoms with E-state index in [4.69, 9.17) is 5.11 Å². The molecule has 1 heterocycles. The zero-order valence-electron chi connectivity index (χ0n) is 6.41. The van der Waals surface area contributed by atoms with Crippen LogP contribution >= 0.6 is 0 Å². The Balaban J connectivity index is 3.51. The van der Waals surface area contributed by atoms with E-state index in [-0.39, 0.29) is 5.69 Å². The topological polar surface area (TPSA) is 100 Å². The van der Waals surface area contributed by atoms with Crippen molar-refractivity contribution in [3.05, 3.63) is 11.4 Å². The number of hydrogen-bond acceptors (Lipinski definition) is 4. The number of hydrogen-bond donors (Lipinski definition) is 2. The number of rotatable bonds is 2. The van der Waals surface area contributed by atoms with Crippen LogP contribution in [0.1, 0.15) is 16.2 Å².